The number of rotatable bonds is 3. The zero-order chi connectivity index (χ0) is 15.0. The average Bonchev–Trinajstić information content (AvgIpc) is 2.85. The van der Waals surface area contributed by atoms with Crippen LogP contribution in [0, 0.1) is 11.6 Å². The van der Waals surface area contributed by atoms with E-state index in [4.69, 9.17) is 16.3 Å². The minimum absolute atomic E-state index is 0.0763. The molecule has 1 heterocycles. The fourth-order valence-corrected chi connectivity index (χ4v) is 2.43. The highest BCUT2D eigenvalue weighted by Crippen LogP contribution is 2.27. The van der Waals surface area contributed by atoms with E-state index in [0.717, 1.165) is 0 Å². The highest BCUT2D eigenvalue weighted by atomic mass is 35.5. The van der Waals surface area contributed by atoms with Crippen molar-refractivity contribution in [1.82, 2.24) is 9.55 Å². The first kappa shape index (κ1) is 13.8. The molecule has 6 heteroatoms. The van der Waals surface area contributed by atoms with Gasteiger partial charge in [0.05, 0.1) is 29.7 Å². The van der Waals surface area contributed by atoms with Crippen LogP contribution in [-0.2, 0) is 5.88 Å². The summed E-state index contributed by atoms with van der Waals surface area (Å²) in [4.78, 5) is 4.25. The van der Waals surface area contributed by atoms with Crippen molar-refractivity contribution in [1.29, 1.82) is 0 Å². The van der Waals surface area contributed by atoms with Crippen molar-refractivity contribution in [2.24, 2.45) is 0 Å². The van der Waals surface area contributed by atoms with Crippen molar-refractivity contribution in [3.8, 4) is 11.4 Å². The molecule has 0 saturated carbocycles. The molecule has 2 aromatic carbocycles. The number of imidazole rings is 1. The predicted molar refractivity (Wildman–Crippen MR) is 77.1 cm³/mol. The van der Waals surface area contributed by atoms with Gasteiger partial charge in [-0.2, -0.15) is 0 Å². The van der Waals surface area contributed by atoms with Gasteiger partial charge in [-0.1, -0.05) is 0 Å². The molecule has 0 aliphatic carbocycles. The Morgan fingerprint density at radius 1 is 1.19 bits per heavy atom. The summed E-state index contributed by atoms with van der Waals surface area (Å²) < 4.78 is 34.2. The van der Waals surface area contributed by atoms with Crippen molar-refractivity contribution in [2.75, 3.05) is 7.11 Å². The summed E-state index contributed by atoms with van der Waals surface area (Å²) >= 11 is 5.89. The van der Waals surface area contributed by atoms with E-state index in [-0.39, 0.29) is 11.6 Å². The normalized spacial score (nSPS) is 11.0. The number of ether oxygens (including phenoxy) is 1. The first-order valence-electron chi connectivity index (χ1n) is 6.21. The number of aromatic nitrogens is 2. The molecule has 21 heavy (non-hydrogen) atoms. The van der Waals surface area contributed by atoms with Gasteiger partial charge in [-0.25, -0.2) is 13.8 Å². The first-order valence-corrected chi connectivity index (χ1v) is 6.74. The van der Waals surface area contributed by atoms with Crippen LogP contribution in [0.25, 0.3) is 16.7 Å². The quantitative estimate of drug-likeness (QED) is 0.683. The first-order chi connectivity index (χ1) is 10.1. The number of nitrogens with zero attached hydrogens (tertiary/aromatic N) is 2. The van der Waals surface area contributed by atoms with Crippen LogP contribution in [-0.4, -0.2) is 16.7 Å². The molecule has 3 rings (SSSR count). The molecule has 0 atom stereocenters. The van der Waals surface area contributed by atoms with Gasteiger partial charge in [0, 0.05) is 12.1 Å². The van der Waals surface area contributed by atoms with Crippen LogP contribution < -0.4 is 4.74 Å². The fourth-order valence-electron chi connectivity index (χ4n) is 2.25. The smallest absolute Gasteiger partial charge is 0.147 e. The lowest BCUT2D eigenvalue weighted by molar-refractivity contribution is 0.413. The van der Waals surface area contributed by atoms with Gasteiger partial charge in [0.1, 0.15) is 23.2 Å². The number of methoxy groups -OCH3 is 1. The maximum Gasteiger partial charge on any atom is 0.147 e. The third kappa shape index (κ3) is 2.34. The second-order valence-electron chi connectivity index (χ2n) is 4.45. The van der Waals surface area contributed by atoms with Crippen LogP contribution in [0.1, 0.15) is 5.82 Å². The molecule has 1 aromatic heterocycles. The van der Waals surface area contributed by atoms with E-state index in [0.29, 0.717) is 22.6 Å². The van der Waals surface area contributed by atoms with Crippen LogP contribution in [0.3, 0.4) is 0 Å². The topological polar surface area (TPSA) is 27.1 Å². The Balaban J connectivity index is 2.33. The van der Waals surface area contributed by atoms with E-state index in [1.165, 1.54) is 31.4 Å². The van der Waals surface area contributed by atoms with Crippen LogP contribution in [0.5, 0.6) is 5.75 Å². The lowest BCUT2D eigenvalue weighted by Gasteiger charge is -2.10. The molecule has 0 fully saturated rings. The van der Waals surface area contributed by atoms with Gasteiger partial charge < -0.3 is 4.74 Å². The zero-order valence-electron chi connectivity index (χ0n) is 11.1. The molecule has 3 nitrogen and oxygen atoms in total. The third-order valence-corrected chi connectivity index (χ3v) is 3.44. The van der Waals surface area contributed by atoms with Gasteiger partial charge in [-0.05, 0) is 24.3 Å². The number of benzene rings is 2. The Morgan fingerprint density at radius 2 is 2.00 bits per heavy atom. The van der Waals surface area contributed by atoms with Crippen molar-refractivity contribution >= 4 is 22.6 Å². The van der Waals surface area contributed by atoms with Gasteiger partial charge in [0.2, 0.25) is 0 Å². The predicted octanol–water partition coefficient (Wildman–Crippen LogP) is 4.05. The second-order valence-corrected chi connectivity index (χ2v) is 4.71. The minimum atomic E-state index is -0.439. The summed E-state index contributed by atoms with van der Waals surface area (Å²) in [6, 6.07) is 8.53. The van der Waals surface area contributed by atoms with Crippen molar-refractivity contribution < 1.29 is 13.5 Å². The molecule has 0 aliphatic heterocycles. The summed E-state index contributed by atoms with van der Waals surface area (Å²) in [5.74, 6) is 0.179. The van der Waals surface area contributed by atoms with Gasteiger partial charge in [-0.3, -0.25) is 4.57 Å². The summed E-state index contributed by atoms with van der Waals surface area (Å²) in [5, 5.41) is 0. The molecule has 0 N–H and O–H groups in total. The van der Waals surface area contributed by atoms with Gasteiger partial charge in [0.15, 0.2) is 0 Å². The Morgan fingerprint density at radius 3 is 2.71 bits per heavy atom. The monoisotopic (exact) mass is 308 g/mol. The summed E-state index contributed by atoms with van der Waals surface area (Å²) in [6.07, 6.45) is 0. The molecule has 108 valence electrons. The summed E-state index contributed by atoms with van der Waals surface area (Å²) in [6.45, 7) is 0. The van der Waals surface area contributed by atoms with Crippen molar-refractivity contribution in [3.63, 3.8) is 0 Å². The third-order valence-electron chi connectivity index (χ3n) is 3.20. The van der Waals surface area contributed by atoms with Gasteiger partial charge in [-0.15, -0.1) is 11.6 Å². The highest BCUT2D eigenvalue weighted by molar-refractivity contribution is 6.17. The van der Waals surface area contributed by atoms with Crippen LogP contribution in [0.15, 0.2) is 36.4 Å². The number of hydrogen-bond acceptors (Lipinski definition) is 2. The second kappa shape index (κ2) is 5.33. The maximum atomic E-state index is 14.2. The lowest BCUT2D eigenvalue weighted by atomic mass is 10.2. The van der Waals surface area contributed by atoms with E-state index >= 15 is 0 Å². The van der Waals surface area contributed by atoms with E-state index in [2.05, 4.69) is 4.98 Å². The minimum Gasteiger partial charge on any atom is -0.497 e. The van der Waals surface area contributed by atoms with Crippen LogP contribution in [0.2, 0.25) is 0 Å². The Bertz CT molecular complexity index is 817. The molecular formula is C15H11ClF2N2O. The number of hydrogen-bond donors (Lipinski definition) is 0. The largest absolute Gasteiger partial charge is 0.497 e. The SMILES string of the molecule is COc1ccc(F)c(-n2c(CCl)nc3cc(F)ccc32)c1. The van der Waals surface area contributed by atoms with Crippen LogP contribution in [0.4, 0.5) is 8.78 Å². The number of alkyl halides is 1. The number of fused-ring (bicyclic) bond motifs is 1. The standard InChI is InChI=1S/C15H11ClF2N2O/c1-21-10-3-4-11(18)14(7-10)20-13-5-2-9(17)6-12(13)19-15(20)8-16/h2-7H,8H2,1H3. The van der Waals surface area contributed by atoms with Gasteiger partial charge >= 0.3 is 0 Å². The zero-order valence-corrected chi connectivity index (χ0v) is 11.9. The molecule has 0 amide bonds. The number of halogens is 3. The maximum absolute atomic E-state index is 14.2. The Kier molecular flexibility index (Phi) is 3.51. The molecule has 0 saturated heterocycles. The van der Waals surface area contributed by atoms with E-state index in [1.54, 1.807) is 16.7 Å². The van der Waals surface area contributed by atoms with E-state index in [1.807, 2.05) is 0 Å². The van der Waals surface area contributed by atoms with Gasteiger partial charge in [0.25, 0.3) is 0 Å². The molecule has 0 bridgehead atoms. The molecule has 0 unspecified atom stereocenters. The summed E-state index contributed by atoms with van der Waals surface area (Å²) in [5.41, 5.74) is 1.27. The summed E-state index contributed by atoms with van der Waals surface area (Å²) in [7, 11) is 1.50. The van der Waals surface area contributed by atoms with E-state index in [9.17, 15) is 8.78 Å². The Labute approximate surface area is 124 Å². The fraction of sp³-hybridized carbons (Fsp3) is 0.133. The molecule has 3 aromatic rings. The molecular weight excluding hydrogens is 298 g/mol. The average molecular weight is 309 g/mol. The lowest BCUT2D eigenvalue weighted by Crippen LogP contribution is -2.02. The molecule has 0 spiro atoms. The highest BCUT2D eigenvalue weighted by Gasteiger charge is 2.16. The Hall–Kier alpha value is -2.14. The van der Waals surface area contributed by atoms with E-state index < -0.39 is 11.6 Å². The van der Waals surface area contributed by atoms with Crippen molar-refractivity contribution in [2.45, 2.75) is 5.88 Å². The molecule has 0 radical (unpaired) electrons. The molecule has 0 aliphatic rings. The van der Waals surface area contributed by atoms with Crippen molar-refractivity contribution in [3.05, 3.63) is 53.9 Å². The van der Waals surface area contributed by atoms with Crippen LogP contribution >= 0.6 is 11.6 Å².